The number of esters is 1. The smallest absolute Gasteiger partial charge is 0.314 e. The molecule has 0 aliphatic rings. The van der Waals surface area contributed by atoms with Crippen LogP contribution < -0.4 is 0 Å². The Bertz CT molecular complexity index is 758. The Balaban J connectivity index is 1.83. The van der Waals surface area contributed by atoms with Gasteiger partial charge in [-0.15, -0.1) is 0 Å². The van der Waals surface area contributed by atoms with Gasteiger partial charge in [-0.2, -0.15) is 5.26 Å². The van der Waals surface area contributed by atoms with Gasteiger partial charge in [0.2, 0.25) is 0 Å². The lowest BCUT2D eigenvalue weighted by atomic mass is 10.1. The van der Waals surface area contributed by atoms with Crippen molar-refractivity contribution in [3.8, 4) is 6.07 Å². The third-order valence-electron chi connectivity index (χ3n) is 3.04. The van der Waals surface area contributed by atoms with Crippen molar-refractivity contribution in [3.63, 3.8) is 0 Å². The Morgan fingerprint density at radius 1 is 1.09 bits per heavy atom. The van der Waals surface area contributed by atoms with E-state index in [1.807, 2.05) is 36.4 Å². The quantitative estimate of drug-likeness (QED) is 0.466. The molecule has 0 aliphatic heterocycles. The van der Waals surface area contributed by atoms with E-state index in [2.05, 4.69) is 0 Å². The minimum absolute atomic E-state index is 0.154. The summed E-state index contributed by atoms with van der Waals surface area (Å²) >= 11 is 0. The van der Waals surface area contributed by atoms with Crippen molar-refractivity contribution in [2.45, 2.75) is 13.0 Å². The second kappa shape index (κ2) is 8.30. The molecule has 0 unspecified atom stereocenters. The molecule has 0 heterocycles. The molecule has 23 heavy (non-hydrogen) atoms. The third kappa shape index (κ3) is 5.60. The Kier molecular flexibility index (Phi) is 5.84. The molecule has 0 bridgehead atoms. The lowest BCUT2D eigenvalue weighted by molar-refractivity contribution is -0.146. The summed E-state index contributed by atoms with van der Waals surface area (Å²) < 4.78 is 5.05. The highest BCUT2D eigenvalue weighted by Gasteiger charge is 2.08. The molecule has 0 aliphatic carbocycles. The highest BCUT2D eigenvalue weighted by molar-refractivity contribution is 6.03. The van der Waals surface area contributed by atoms with Gasteiger partial charge in [0.1, 0.15) is 13.0 Å². The summed E-state index contributed by atoms with van der Waals surface area (Å²) in [6.45, 7) is 0.154. The summed E-state index contributed by atoms with van der Waals surface area (Å²) in [6, 6.07) is 18.2. The molecule has 2 aromatic carbocycles. The number of benzene rings is 2. The van der Waals surface area contributed by atoms with Crippen molar-refractivity contribution in [2.24, 2.45) is 0 Å². The molecular formula is C19H15NO3. The summed E-state index contributed by atoms with van der Waals surface area (Å²) in [5, 5.41) is 8.81. The zero-order valence-electron chi connectivity index (χ0n) is 12.4. The molecule has 0 saturated heterocycles. The summed E-state index contributed by atoms with van der Waals surface area (Å²) in [5.74, 6) is -0.903. The van der Waals surface area contributed by atoms with Crippen LogP contribution in [-0.2, 0) is 20.9 Å². The molecule has 0 radical (unpaired) electrons. The van der Waals surface area contributed by atoms with Gasteiger partial charge in [-0.25, -0.2) is 0 Å². The molecule has 2 rings (SSSR count). The van der Waals surface area contributed by atoms with E-state index < -0.39 is 5.97 Å². The summed E-state index contributed by atoms with van der Waals surface area (Å²) in [7, 11) is 0. The monoisotopic (exact) mass is 305 g/mol. The SMILES string of the molecule is N#Cc1cccc(C=CC(=O)CC(=O)OCc2ccccc2)c1. The van der Waals surface area contributed by atoms with Gasteiger partial charge < -0.3 is 4.74 Å². The molecular weight excluding hydrogens is 290 g/mol. The van der Waals surface area contributed by atoms with Crippen LogP contribution in [0, 0.1) is 11.3 Å². The Morgan fingerprint density at radius 3 is 2.61 bits per heavy atom. The minimum Gasteiger partial charge on any atom is -0.460 e. The average molecular weight is 305 g/mol. The number of allylic oxidation sites excluding steroid dienone is 1. The van der Waals surface area contributed by atoms with E-state index >= 15 is 0 Å². The molecule has 0 N–H and O–H groups in total. The van der Waals surface area contributed by atoms with Gasteiger partial charge >= 0.3 is 5.97 Å². The van der Waals surface area contributed by atoms with Crippen LogP contribution in [0.2, 0.25) is 0 Å². The predicted molar refractivity (Wildman–Crippen MR) is 86.1 cm³/mol. The van der Waals surface area contributed by atoms with Crippen molar-refractivity contribution in [1.29, 1.82) is 5.26 Å². The van der Waals surface area contributed by atoms with Gasteiger partial charge in [0.15, 0.2) is 5.78 Å². The molecule has 0 fully saturated rings. The van der Waals surface area contributed by atoms with Crippen LogP contribution in [-0.4, -0.2) is 11.8 Å². The van der Waals surface area contributed by atoms with E-state index in [0.717, 1.165) is 11.1 Å². The lowest BCUT2D eigenvalue weighted by Gasteiger charge is -2.03. The van der Waals surface area contributed by atoms with E-state index in [1.54, 1.807) is 30.3 Å². The maximum Gasteiger partial charge on any atom is 0.314 e. The second-order valence-electron chi connectivity index (χ2n) is 4.86. The molecule has 2 aromatic rings. The highest BCUT2D eigenvalue weighted by atomic mass is 16.5. The highest BCUT2D eigenvalue weighted by Crippen LogP contribution is 2.07. The Labute approximate surface area is 134 Å². The Morgan fingerprint density at radius 2 is 1.87 bits per heavy atom. The van der Waals surface area contributed by atoms with Gasteiger partial charge in [-0.05, 0) is 29.3 Å². The number of nitrogens with zero attached hydrogens (tertiary/aromatic N) is 1. The van der Waals surface area contributed by atoms with E-state index in [1.165, 1.54) is 6.08 Å². The maximum absolute atomic E-state index is 11.7. The fourth-order valence-electron chi connectivity index (χ4n) is 1.89. The second-order valence-corrected chi connectivity index (χ2v) is 4.86. The van der Waals surface area contributed by atoms with Crippen molar-refractivity contribution < 1.29 is 14.3 Å². The number of carbonyl (C=O) groups is 2. The molecule has 4 heteroatoms. The number of rotatable bonds is 6. The van der Waals surface area contributed by atoms with Gasteiger partial charge in [0.25, 0.3) is 0 Å². The number of carbonyl (C=O) groups excluding carboxylic acids is 2. The van der Waals surface area contributed by atoms with E-state index in [4.69, 9.17) is 10.00 Å². The molecule has 0 saturated carbocycles. The van der Waals surface area contributed by atoms with Crippen LogP contribution in [0.25, 0.3) is 6.08 Å². The van der Waals surface area contributed by atoms with Crippen molar-refractivity contribution in [2.75, 3.05) is 0 Å². The van der Waals surface area contributed by atoms with Crippen LogP contribution in [0.1, 0.15) is 23.1 Å². The molecule has 114 valence electrons. The molecule has 4 nitrogen and oxygen atoms in total. The largest absolute Gasteiger partial charge is 0.460 e. The van der Waals surface area contributed by atoms with Gasteiger partial charge in [0.05, 0.1) is 11.6 Å². The normalized spacial score (nSPS) is 10.2. The van der Waals surface area contributed by atoms with Crippen molar-refractivity contribution in [3.05, 3.63) is 77.4 Å². The number of nitriles is 1. The predicted octanol–water partition coefficient (Wildman–Crippen LogP) is 3.27. The van der Waals surface area contributed by atoms with Crippen molar-refractivity contribution >= 4 is 17.8 Å². The maximum atomic E-state index is 11.7. The number of ketones is 1. The fraction of sp³-hybridized carbons (Fsp3) is 0.105. The summed E-state index contributed by atoms with van der Waals surface area (Å²) in [6.07, 6.45) is 2.59. The minimum atomic E-state index is -0.561. The van der Waals surface area contributed by atoms with Gasteiger partial charge in [-0.1, -0.05) is 48.5 Å². The van der Waals surface area contributed by atoms with Crippen LogP contribution in [0.5, 0.6) is 0 Å². The van der Waals surface area contributed by atoms with Crippen LogP contribution in [0.3, 0.4) is 0 Å². The van der Waals surface area contributed by atoms with Gasteiger partial charge in [-0.3, -0.25) is 9.59 Å². The molecule has 0 amide bonds. The van der Waals surface area contributed by atoms with Crippen molar-refractivity contribution in [1.82, 2.24) is 0 Å². The zero-order valence-corrected chi connectivity index (χ0v) is 12.4. The average Bonchev–Trinajstić information content (AvgIpc) is 2.59. The zero-order chi connectivity index (χ0) is 16.5. The number of hydrogen-bond donors (Lipinski definition) is 0. The van der Waals surface area contributed by atoms with Crippen LogP contribution in [0.15, 0.2) is 60.7 Å². The van der Waals surface area contributed by atoms with Gasteiger partial charge in [0, 0.05) is 0 Å². The van der Waals surface area contributed by atoms with Crippen LogP contribution in [0.4, 0.5) is 0 Å². The first-order valence-electron chi connectivity index (χ1n) is 7.08. The molecule has 0 atom stereocenters. The first-order chi connectivity index (χ1) is 11.2. The molecule has 0 aromatic heterocycles. The third-order valence-corrected chi connectivity index (χ3v) is 3.04. The number of hydrogen-bond acceptors (Lipinski definition) is 4. The summed E-state index contributed by atoms with van der Waals surface area (Å²) in [4.78, 5) is 23.4. The van der Waals surface area contributed by atoms with E-state index in [-0.39, 0.29) is 18.8 Å². The standard InChI is InChI=1S/C19H15NO3/c20-13-17-8-4-7-15(11-17)9-10-18(21)12-19(22)23-14-16-5-2-1-3-6-16/h1-11H,12,14H2. The summed E-state index contributed by atoms with van der Waals surface area (Å²) in [5.41, 5.74) is 2.12. The fourth-order valence-corrected chi connectivity index (χ4v) is 1.89. The van der Waals surface area contributed by atoms with E-state index in [9.17, 15) is 9.59 Å². The first kappa shape index (κ1) is 16.2. The first-order valence-corrected chi connectivity index (χ1v) is 7.08. The van der Waals surface area contributed by atoms with Crippen LogP contribution >= 0.6 is 0 Å². The molecule has 0 spiro atoms. The van der Waals surface area contributed by atoms with E-state index in [0.29, 0.717) is 5.56 Å². The Hall–Kier alpha value is -3.19. The lowest BCUT2D eigenvalue weighted by Crippen LogP contribution is -2.09. The number of ether oxygens (including phenoxy) is 1. The topological polar surface area (TPSA) is 67.2 Å².